The summed E-state index contributed by atoms with van der Waals surface area (Å²) < 4.78 is 77.3. The number of benzene rings is 2. The second-order valence-corrected chi connectivity index (χ2v) is 20.1. The van der Waals surface area contributed by atoms with Crippen LogP contribution < -0.4 is 10.6 Å². The number of aromatic nitrogens is 1. The lowest BCUT2D eigenvalue weighted by Crippen LogP contribution is -2.52. The smallest absolute Gasteiger partial charge is 0.407 e. The first-order valence-electron chi connectivity index (χ1n) is 20.7. The van der Waals surface area contributed by atoms with E-state index in [0.29, 0.717) is 30.6 Å². The van der Waals surface area contributed by atoms with Crippen molar-refractivity contribution in [2.75, 3.05) is 38.1 Å². The normalized spacial score (nSPS) is 27.0. The van der Waals surface area contributed by atoms with Crippen molar-refractivity contribution in [1.29, 1.82) is 0 Å². The number of amides is 1. The van der Waals surface area contributed by atoms with E-state index in [1.165, 1.54) is 47.4 Å². The Kier molecular flexibility index (Phi) is 12.4. The van der Waals surface area contributed by atoms with E-state index in [4.69, 9.17) is 19.2 Å². The fourth-order valence-electron chi connectivity index (χ4n) is 9.57. The third kappa shape index (κ3) is 9.42. The Labute approximate surface area is 337 Å². The number of fused-ring (bicyclic) bond motifs is 3. The summed E-state index contributed by atoms with van der Waals surface area (Å²) in [5.74, 6) is -1.56. The maximum absolute atomic E-state index is 14.4. The zero-order valence-corrected chi connectivity index (χ0v) is 34.3. The molecular weight excluding hydrogens is 777 g/mol. The zero-order valence-electron chi connectivity index (χ0n) is 32.7. The Morgan fingerprint density at radius 3 is 2.51 bits per heavy atom. The van der Waals surface area contributed by atoms with E-state index in [2.05, 4.69) is 15.5 Å². The maximum atomic E-state index is 14.4. The molecule has 1 aromatic heterocycles. The van der Waals surface area contributed by atoms with Gasteiger partial charge in [-0.15, -0.1) is 0 Å². The van der Waals surface area contributed by atoms with Gasteiger partial charge in [-0.25, -0.2) is 27.0 Å². The van der Waals surface area contributed by atoms with Crippen molar-refractivity contribution in [1.82, 2.24) is 19.5 Å². The van der Waals surface area contributed by atoms with Gasteiger partial charge in [0.25, 0.3) is 0 Å². The second-order valence-electron chi connectivity index (χ2n) is 17.1. The minimum absolute atomic E-state index is 0.0550. The summed E-state index contributed by atoms with van der Waals surface area (Å²) in [4.78, 5) is 21.0. The molecule has 1 amide bonds. The molecule has 57 heavy (non-hydrogen) atoms. The van der Waals surface area contributed by atoms with Crippen LogP contribution in [0.25, 0.3) is 10.2 Å². The van der Waals surface area contributed by atoms with Gasteiger partial charge in [0.1, 0.15) is 17.7 Å². The second kappa shape index (κ2) is 17.3. The molecule has 6 fully saturated rings. The van der Waals surface area contributed by atoms with Gasteiger partial charge >= 0.3 is 6.09 Å². The third-order valence-electron chi connectivity index (χ3n) is 12.5. The number of alkyl carbamates (subject to hydrolysis) is 1. The lowest BCUT2D eigenvalue weighted by atomic mass is 9.96. The summed E-state index contributed by atoms with van der Waals surface area (Å²) in [6.07, 6.45) is 6.03. The molecule has 0 radical (unpaired) electrons. The van der Waals surface area contributed by atoms with Crippen LogP contribution in [-0.2, 0) is 30.7 Å². The summed E-state index contributed by atoms with van der Waals surface area (Å²) >= 11 is 1.42. The number of carbonyl (C=O) groups is 1. The third-order valence-corrected chi connectivity index (χ3v) is 15.3. The summed E-state index contributed by atoms with van der Waals surface area (Å²) in [5, 5.41) is 18.9. The van der Waals surface area contributed by atoms with E-state index in [9.17, 15) is 27.1 Å². The number of nitrogens with zero attached hydrogens (tertiary/aromatic N) is 3. The summed E-state index contributed by atoms with van der Waals surface area (Å²) in [6.45, 7) is 5.96. The van der Waals surface area contributed by atoms with Crippen LogP contribution in [0, 0.1) is 29.4 Å². The number of sulfonamides is 1. The fraction of sp³-hybridized carbons (Fsp3) is 0.659. The van der Waals surface area contributed by atoms with E-state index in [1.54, 1.807) is 12.1 Å². The summed E-state index contributed by atoms with van der Waals surface area (Å²) in [6, 6.07) is 7.70. The highest BCUT2D eigenvalue weighted by molar-refractivity contribution is 7.89. The number of piperidine rings is 1. The Bertz CT molecular complexity index is 1950. The highest BCUT2D eigenvalue weighted by Gasteiger charge is 2.50. The minimum atomic E-state index is -4.17. The Morgan fingerprint density at radius 1 is 1.04 bits per heavy atom. The van der Waals surface area contributed by atoms with Crippen LogP contribution in [0.5, 0.6) is 0 Å². The van der Waals surface area contributed by atoms with Gasteiger partial charge in [0, 0.05) is 56.2 Å². The molecular formula is C41H55F2N5O7S2. The summed E-state index contributed by atoms with van der Waals surface area (Å²) in [5.41, 5.74) is 0.871. The molecule has 312 valence electrons. The number of nitrogens with one attached hydrogen (secondary N) is 2. The molecule has 12 nitrogen and oxygen atoms in total. The molecule has 2 aliphatic carbocycles. The van der Waals surface area contributed by atoms with Crippen molar-refractivity contribution in [2.45, 2.75) is 126 Å². The fourth-order valence-corrected chi connectivity index (χ4v) is 12.3. The van der Waals surface area contributed by atoms with Crippen LogP contribution in [0.4, 0.5) is 18.7 Å². The standard InChI is InChI=1S/C41H55F2N5O7S2/c1-24(2)21-48(57(51,52)32-9-10-33-37(20-32)56-40(45-33)44-30-11-13-47(14-12-30)31-5-3-4-6-31)22-35(49)34(17-25-15-28(42)19-29(43)16-25)46-41(50)55-38-27-8-7-26-18-36(38)54-39(26)53-23-27/h9-10,15-16,19-20,24,26-27,30-31,34-36,38-39,49H,3-8,11-14,17-18,21-23H2,1-2H3,(H,44,45)(H,46,50)/t26?,27?,34-,35+,36?,38?,39?/m0/s1. The van der Waals surface area contributed by atoms with Gasteiger partial charge in [-0.2, -0.15) is 4.31 Å². The molecule has 3 aromatic rings. The molecule has 3 N–H and O–H groups in total. The number of hydrogen-bond acceptors (Lipinski definition) is 11. The van der Waals surface area contributed by atoms with Gasteiger partial charge in [0.05, 0.1) is 40.0 Å². The van der Waals surface area contributed by atoms with Gasteiger partial charge in [0.15, 0.2) is 11.4 Å². The lowest BCUT2D eigenvalue weighted by Gasteiger charge is -2.36. The molecule has 4 aliphatic heterocycles. The molecule has 16 heteroatoms. The van der Waals surface area contributed by atoms with Crippen LogP contribution in [0.15, 0.2) is 41.3 Å². The van der Waals surface area contributed by atoms with E-state index < -0.39 is 52.5 Å². The van der Waals surface area contributed by atoms with Gasteiger partial charge in [-0.3, -0.25) is 0 Å². The summed E-state index contributed by atoms with van der Waals surface area (Å²) in [7, 11) is -4.17. The molecule has 6 aliphatic rings. The number of aliphatic hydroxyl groups excluding tert-OH is 1. The first-order chi connectivity index (χ1) is 27.4. The quantitative estimate of drug-likeness (QED) is 0.170. The molecule has 5 heterocycles. The number of rotatable bonds is 14. The van der Waals surface area contributed by atoms with E-state index >= 15 is 0 Å². The Balaban J connectivity index is 0.974. The van der Waals surface area contributed by atoms with Crippen LogP contribution >= 0.6 is 11.3 Å². The minimum Gasteiger partial charge on any atom is -0.443 e. The average molecular weight is 832 g/mol. The lowest BCUT2D eigenvalue weighted by molar-refractivity contribution is -0.139. The van der Waals surface area contributed by atoms with Crippen LogP contribution in [0.1, 0.15) is 77.2 Å². The molecule has 7 atom stereocenters. The molecule has 2 saturated carbocycles. The number of thiazole rings is 1. The van der Waals surface area contributed by atoms with Crippen molar-refractivity contribution in [3.8, 4) is 0 Å². The van der Waals surface area contributed by atoms with E-state index in [0.717, 1.165) is 66.8 Å². The van der Waals surface area contributed by atoms with Crippen LogP contribution in [0.3, 0.4) is 0 Å². The van der Waals surface area contributed by atoms with E-state index in [-0.39, 0.29) is 53.6 Å². The Morgan fingerprint density at radius 2 is 1.77 bits per heavy atom. The predicted molar refractivity (Wildman–Crippen MR) is 212 cm³/mol. The molecule has 5 unspecified atom stereocenters. The monoisotopic (exact) mass is 831 g/mol. The topological polar surface area (TPSA) is 143 Å². The average Bonchev–Trinajstić information content (AvgIpc) is 3.86. The SMILES string of the molecule is CC(C)CN(C[C@@H](O)[C@H](Cc1cc(F)cc(F)c1)NC(=O)OC1C2CCC3CC1OC3OC2)S(=O)(=O)c1ccc2nc(NC3CCN(C4CCCC4)CC3)sc2c1. The van der Waals surface area contributed by atoms with Crippen molar-refractivity contribution >= 4 is 42.8 Å². The maximum Gasteiger partial charge on any atom is 0.407 e. The van der Waals surface area contributed by atoms with Gasteiger partial charge in [0.2, 0.25) is 10.0 Å². The molecule has 9 rings (SSSR count). The highest BCUT2D eigenvalue weighted by Crippen LogP contribution is 2.44. The van der Waals surface area contributed by atoms with Crippen LogP contribution in [0.2, 0.25) is 0 Å². The number of hydrogen-bond donors (Lipinski definition) is 3. The number of likely N-dealkylation sites (tertiary alicyclic amines) is 1. The molecule has 0 spiro atoms. The van der Waals surface area contributed by atoms with Gasteiger partial charge < -0.3 is 34.9 Å². The highest BCUT2D eigenvalue weighted by atomic mass is 32.2. The first kappa shape index (κ1) is 40.8. The van der Waals surface area contributed by atoms with Crippen LogP contribution in [-0.4, -0.2) is 109 Å². The van der Waals surface area contributed by atoms with Crippen molar-refractivity contribution in [3.63, 3.8) is 0 Å². The largest absolute Gasteiger partial charge is 0.443 e. The predicted octanol–water partition coefficient (Wildman–Crippen LogP) is 6.28. The number of ether oxygens (including phenoxy) is 3. The Hall–Kier alpha value is -2.99. The van der Waals surface area contributed by atoms with Gasteiger partial charge in [-0.05, 0) is 93.2 Å². The molecule has 2 aromatic carbocycles. The van der Waals surface area contributed by atoms with Crippen molar-refractivity contribution in [3.05, 3.63) is 53.6 Å². The zero-order chi connectivity index (χ0) is 39.8. The number of halogens is 2. The molecule has 4 saturated heterocycles. The van der Waals surface area contributed by atoms with Crippen molar-refractivity contribution in [2.24, 2.45) is 17.8 Å². The van der Waals surface area contributed by atoms with Gasteiger partial charge in [-0.1, -0.05) is 38.0 Å². The number of aliphatic hydroxyl groups is 1. The molecule has 4 bridgehead atoms. The number of anilines is 1. The first-order valence-corrected chi connectivity index (χ1v) is 22.9. The van der Waals surface area contributed by atoms with Crippen molar-refractivity contribution < 1.29 is 41.3 Å². The van der Waals surface area contributed by atoms with E-state index in [1.807, 2.05) is 13.8 Å². The number of carbonyl (C=O) groups excluding carboxylic acids is 1.